The number of ether oxygens (including phenoxy) is 1. The zero-order valence-electron chi connectivity index (χ0n) is 12.1. The van der Waals surface area contributed by atoms with Crippen LogP contribution in [0.3, 0.4) is 0 Å². The van der Waals surface area contributed by atoms with Crippen LogP contribution in [-0.4, -0.2) is 42.4 Å². The first-order valence-electron chi connectivity index (χ1n) is 7.30. The van der Waals surface area contributed by atoms with E-state index in [0.29, 0.717) is 12.8 Å². The molecule has 0 aromatic heterocycles. The average molecular weight is 284 g/mol. The lowest BCUT2D eigenvalue weighted by Gasteiger charge is -2.29. The Kier molecular flexibility index (Phi) is 4.52. The van der Waals surface area contributed by atoms with E-state index in [1.807, 2.05) is 0 Å². The predicted octanol–water partition coefficient (Wildman–Crippen LogP) is 1.50. The van der Waals surface area contributed by atoms with E-state index in [1.54, 1.807) is 14.0 Å². The van der Waals surface area contributed by atoms with Crippen LogP contribution in [0.15, 0.2) is 0 Å². The summed E-state index contributed by atoms with van der Waals surface area (Å²) in [6.45, 7) is 1.71. The lowest BCUT2D eigenvalue weighted by Crippen LogP contribution is -2.53. The highest BCUT2D eigenvalue weighted by Gasteiger charge is 2.46. The highest BCUT2D eigenvalue weighted by Crippen LogP contribution is 2.38. The Balaban J connectivity index is 1.90. The van der Waals surface area contributed by atoms with Gasteiger partial charge in [-0.15, -0.1) is 0 Å². The number of urea groups is 1. The molecule has 3 N–H and O–H groups in total. The summed E-state index contributed by atoms with van der Waals surface area (Å²) in [5.41, 5.74) is -0.853. The number of carbonyl (C=O) groups excluding carboxylic acids is 1. The molecule has 114 valence electrons. The number of carboxylic acid groups (broad SMARTS) is 1. The molecule has 4 atom stereocenters. The first kappa shape index (κ1) is 15.1. The molecule has 0 radical (unpaired) electrons. The summed E-state index contributed by atoms with van der Waals surface area (Å²) < 4.78 is 5.34. The maximum atomic E-state index is 12.1. The largest absolute Gasteiger partial charge is 0.481 e. The number of hydrogen-bond donors (Lipinski definition) is 3. The molecular weight excluding hydrogens is 260 g/mol. The third-order valence-electron chi connectivity index (χ3n) is 4.82. The van der Waals surface area contributed by atoms with E-state index in [0.717, 1.165) is 25.7 Å². The van der Waals surface area contributed by atoms with Crippen molar-refractivity contribution in [2.75, 3.05) is 7.11 Å². The van der Waals surface area contributed by atoms with Crippen LogP contribution in [0.4, 0.5) is 4.79 Å². The highest BCUT2D eigenvalue weighted by atomic mass is 16.5. The fourth-order valence-electron chi connectivity index (χ4n) is 3.40. The molecule has 6 heteroatoms. The molecule has 2 amide bonds. The first-order valence-corrected chi connectivity index (χ1v) is 7.30. The van der Waals surface area contributed by atoms with Crippen molar-refractivity contribution in [1.29, 1.82) is 0 Å². The Morgan fingerprint density at radius 1 is 1.20 bits per heavy atom. The number of amides is 2. The van der Waals surface area contributed by atoms with Crippen LogP contribution >= 0.6 is 0 Å². The van der Waals surface area contributed by atoms with Crippen molar-refractivity contribution in [2.45, 2.75) is 63.6 Å². The van der Waals surface area contributed by atoms with Crippen LogP contribution < -0.4 is 10.6 Å². The standard InChI is InChI=1S/C14H24N2O4/c1-14(12(17)18)8-4-7-11(14)16-13(19)15-9-5-3-6-10(9)20-2/h9-11H,3-8H2,1-2H3,(H,17,18)(H2,15,16,19). The smallest absolute Gasteiger partial charge is 0.315 e. The zero-order chi connectivity index (χ0) is 14.8. The van der Waals surface area contributed by atoms with Gasteiger partial charge in [0, 0.05) is 13.2 Å². The molecule has 20 heavy (non-hydrogen) atoms. The van der Waals surface area contributed by atoms with Crippen molar-refractivity contribution in [2.24, 2.45) is 5.41 Å². The van der Waals surface area contributed by atoms with Gasteiger partial charge in [-0.05, 0) is 39.0 Å². The van der Waals surface area contributed by atoms with Crippen LogP contribution in [0, 0.1) is 5.41 Å². The van der Waals surface area contributed by atoms with Crippen LogP contribution in [0.5, 0.6) is 0 Å². The average Bonchev–Trinajstić information content (AvgIpc) is 2.98. The third kappa shape index (κ3) is 2.90. The maximum Gasteiger partial charge on any atom is 0.315 e. The SMILES string of the molecule is COC1CCCC1NC(=O)NC1CCCC1(C)C(=O)O. The summed E-state index contributed by atoms with van der Waals surface area (Å²) in [7, 11) is 1.65. The third-order valence-corrected chi connectivity index (χ3v) is 4.82. The van der Waals surface area contributed by atoms with Crippen molar-refractivity contribution in [3.05, 3.63) is 0 Å². The van der Waals surface area contributed by atoms with E-state index in [9.17, 15) is 14.7 Å². The minimum absolute atomic E-state index is 0.0255. The number of hydrogen-bond acceptors (Lipinski definition) is 3. The second kappa shape index (κ2) is 5.99. The van der Waals surface area contributed by atoms with Crippen molar-refractivity contribution < 1.29 is 19.4 Å². The number of carbonyl (C=O) groups is 2. The van der Waals surface area contributed by atoms with Crippen molar-refractivity contribution in [1.82, 2.24) is 10.6 Å². The summed E-state index contributed by atoms with van der Waals surface area (Å²) in [4.78, 5) is 23.4. The Morgan fingerprint density at radius 3 is 2.60 bits per heavy atom. The molecule has 0 aromatic rings. The van der Waals surface area contributed by atoms with Gasteiger partial charge < -0.3 is 20.5 Å². The fraction of sp³-hybridized carbons (Fsp3) is 0.857. The Hall–Kier alpha value is -1.30. The number of nitrogens with one attached hydrogen (secondary N) is 2. The van der Waals surface area contributed by atoms with Gasteiger partial charge in [0.15, 0.2) is 0 Å². The van der Waals surface area contributed by atoms with Gasteiger partial charge in [0.2, 0.25) is 0 Å². The molecule has 0 aromatic carbocycles. The molecule has 0 heterocycles. The fourth-order valence-corrected chi connectivity index (χ4v) is 3.40. The highest BCUT2D eigenvalue weighted by molar-refractivity contribution is 5.79. The Labute approximate surface area is 119 Å². The van der Waals surface area contributed by atoms with Crippen LogP contribution in [0.25, 0.3) is 0 Å². The van der Waals surface area contributed by atoms with Crippen LogP contribution in [0.1, 0.15) is 45.4 Å². The van der Waals surface area contributed by atoms with E-state index in [2.05, 4.69) is 10.6 Å². The molecule has 0 saturated heterocycles. The molecule has 0 aliphatic heterocycles. The minimum atomic E-state index is -0.853. The topological polar surface area (TPSA) is 87.7 Å². The van der Waals surface area contributed by atoms with E-state index < -0.39 is 11.4 Å². The predicted molar refractivity (Wildman–Crippen MR) is 73.5 cm³/mol. The summed E-state index contributed by atoms with van der Waals surface area (Å²) in [6.07, 6.45) is 5.13. The van der Waals surface area contributed by atoms with Crippen LogP contribution in [0.2, 0.25) is 0 Å². The van der Waals surface area contributed by atoms with Gasteiger partial charge in [-0.3, -0.25) is 4.79 Å². The molecule has 0 bridgehead atoms. The number of carboxylic acids is 1. The second-order valence-corrected chi connectivity index (χ2v) is 6.10. The molecule has 2 aliphatic rings. The lowest BCUT2D eigenvalue weighted by molar-refractivity contribution is -0.148. The van der Waals surface area contributed by atoms with E-state index >= 15 is 0 Å². The molecule has 6 nitrogen and oxygen atoms in total. The number of rotatable bonds is 4. The lowest BCUT2D eigenvalue weighted by atomic mass is 9.85. The maximum absolute atomic E-state index is 12.1. The van der Waals surface area contributed by atoms with Crippen molar-refractivity contribution in [3.8, 4) is 0 Å². The monoisotopic (exact) mass is 284 g/mol. The molecule has 2 fully saturated rings. The summed E-state index contributed by atoms with van der Waals surface area (Å²) >= 11 is 0. The Bertz CT molecular complexity index is 387. The molecule has 4 unspecified atom stereocenters. The van der Waals surface area contributed by atoms with Crippen LogP contribution in [-0.2, 0) is 9.53 Å². The molecule has 2 rings (SSSR count). The molecular formula is C14H24N2O4. The second-order valence-electron chi connectivity index (χ2n) is 6.10. The van der Waals surface area contributed by atoms with Crippen molar-refractivity contribution >= 4 is 12.0 Å². The minimum Gasteiger partial charge on any atom is -0.481 e. The normalized spacial score (nSPS) is 36.8. The van der Waals surface area contributed by atoms with Gasteiger partial charge in [-0.25, -0.2) is 4.79 Å². The van der Waals surface area contributed by atoms with Gasteiger partial charge in [0.05, 0.1) is 17.6 Å². The van der Waals surface area contributed by atoms with E-state index in [4.69, 9.17) is 4.74 Å². The summed E-state index contributed by atoms with van der Waals surface area (Å²) in [5, 5.41) is 15.1. The number of methoxy groups -OCH3 is 1. The van der Waals surface area contributed by atoms with Gasteiger partial charge in [0.1, 0.15) is 0 Å². The van der Waals surface area contributed by atoms with Gasteiger partial charge >= 0.3 is 12.0 Å². The van der Waals surface area contributed by atoms with E-state index in [-0.39, 0.29) is 24.2 Å². The van der Waals surface area contributed by atoms with Crippen molar-refractivity contribution in [3.63, 3.8) is 0 Å². The van der Waals surface area contributed by atoms with Gasteiger partial charge in [0.25, 0.3) is 0 Å². The van der Waals surface area contributed by atoms with Gasteiger partial charge in [-0.2, -0.15) is 0 Å². The molecule has 0 spiro atoms. The molecule has 2 saturated carbocycles. The first-order chi connectivity index (χ1) is 9.47. The molecule has 2 aliphatic carbocycles. The quantitative estimate of drug-likeness (QED) is 0.730. The summed E-state index contributed by atoms with van der Waals surface area (Å²) in [6, 6.07) is -0.557. The Morgan fingerprint density at radius 2 is 1.95 bits per heavy atom. The summed E-state index contributed by atoms with van der Waals surface area (Å²) in [5.74, 6) is -0.837. The van der Waals surface area contributed by atoms with Gasteiger partial charge in [-0.1, -0.05) is 6.42 Å². The number of aliphatic carboxylic acids is 1. The van der Waals surface area contributed by atoms with E-state index in [1.165, 1.54) is 0 Å². The zero-order valence-corrected chi connectivity index (χ0v) is 12.1.